The highest BCUT2D eigenvalue weighted by Gasteiger charge is 2.55. The van der Waals surface area contributed by atoms with E-state index in [0.717, 1.165) is 0 Å². The SMILES string of the molecule is CCC(=O)OC1(NC(=O)c2ccc(Cl)c(Cl)c2)C(=O)N(CC(O)CSC)c2ccccc21. The van der Waals surface area contributed by atoms with Gasteiger partial charge in [-0.25, -0.2) is 0 Å². The number of amides is 2. The van der Waals surface area contributed by atoms with Gasteiger partial charge in [0.05, 0.1) is 33.9 Å². The second-order valence-corrected chi connectivity index (χ2v) is 8.86. The molecule has 2 aromatic carbocycles. The van der Waals surface area contributed by atoms with Crippen LogP contribution in [-0.4, -0.2) is 47.5 Å². The Hall–Kier alpha value is -2.26. The number of esters is 1. The summed E-state index contributed by atoms with van der Waals surface area (Å²) in [4.78, 5) is 40.4. The number of hydrogen-bond acceptors (Lipinski definition) is 6. The Morgan fingerprint density at radius 3 is 2.59 bits per heavy atom. The zero-order chi connectivity index (χ0) is 23.5. The molecule has 170 valence electrons. The molecule has 10 heteroatoms. The number of nitrogens with zero attached hydrogens (tertiary/aromatic N) is 1. The molecule has 0 saturated heterocycles. The van der Waals surface area contributed by atoms with Crippen LogP contribution in [0.25, 0.3) is 0 Å². The fourth-order valence-electron chi connectivity index (χ4n) is 3.42. The third kappa shape index (κ3) is 4.73. The molecule has 0 radical (unpaired) electrons. The van der Waals surface area contributed by atoms with Crippen molar-refractivity contribution in [3.63, 3.8) is 0 Å². The summed E-state index contributed by atoms with van der Waals surface area (Å²) >= 11 is 13.4. The van der Waals surface area contributed by atoms with E-state index < -0.39 is 29.6 Å². The molecule has 2 N–H and O–H groups in total. The van der Waals surface area contributed by atoms with Crippen LogP contribution in [0.15, 0.2) is 42.5 Å². The molecule has 2 atom stereocenters. The number of aliphatic hydroxyl groups excluding tert-OH is 1. The number of benzene rings is 2. The topological polar surface area (TPSA) is 95.9 Å². The van der Waals surface area contributed by atoms with Gasteiger partial charge in [0.1, 0.15) is 0 Å². The molecule has 0 aromatic heterocycles. The first kappa shape index (κ1) is 24.4. The van der Waals surface area contributed by atoms with Crippen LogP contribution in [0.3, 0.4) is 0 Å². The van der Waals surface area contributed by atoms with Gasteiger partial charge < -0.3 is 20.1 Å². The minimum Gasteiger partial charge on any atom is -0.425 e. The Labute approximate surface area is 200 Å². The van der Waals surface area contributed by atoms with Crippen LogP contribution in [0.5, 0.6) is 0 Å². The Bertz CT molecular complexity index is 1050. The first-order valence-electron chi connectivity index (χ1n) is 9.81. The van der Waals surface area contributed by atoms with Crippen molar-refractivity contribution in [2.24, 2.45) is 0 Å². The summed E-state index contributed by atoms with van der Waals surface area (Å²) in [6, 6.07) is 10.9. The number of para-hydroxylation sites is 1. The van der Waals surface area contributed by atoms with Crippen molar-refractivity contribution in [3.05, 3.63) is 63.6 Å². The van der Waals surface area contributed by atoms with Crippen LogP contribution in [-0.2, 0) is 20.1 Å². The van der Waals surface area contributed by atoms with Crippen LogP contribution >= 0.6 is 35.0 Å². The number of carbonyl (C=O) groups is 3. The van der Waals surface area contributed by atoms with Crippen molar-refractivity contribution in [1.82, 2.24) is 5.32 Å². The van der Waals surface area contributed by atoms with Crippen molar-refractivity contribution in [2.45, 2.75) is 25.2 Å². The van der Waals surface area contributed by atoms with Gasteiger partial charge in [-0.15, -0.1) is 0 Å². The van der Waals surface area contributed by atoms with Crippen molar-refractivity contribution >= 4 is 58.4 Å². The van der Waals surface area contributed by atoms with E-state index in [1.165, 1.54) is 34.9 Å². The number of ether oxygens (including phenoxy) is 1. The molecule has 0 bridgehead atoms. The quantitative estimate of drug-likeness (QED) is 0.428. The maximum atomic E-state index is 13.6. The number of β-amino-alcohol motifs (C(OH)–C–C–N with tert-alkyl or cyclic N) is 1. The highest BCUT2D eigenvalue weighted by Crippen LogP contribution is 2.42. The first-order chi connectivity index (χ1) is 15.2. The van der Waals surface area contributed by atoms with Gasteiger partial charge in [-0.2, -0.15) is 11.8 Å². The minimum absolute atomic E-state index is 0.00502. The maximum Gasteiger partial charge on any atom is 0.308 e. The van der Waals surface area contributed by atoms with E-state index in [4.69, 9.17) is 27.9 Å². The van der Waals surface area contributed by atoms with Gasteiger partial charge in [-0.1, -0.05) is 48.3 Å². The standard InChI is InChI=1S/C22H22Cl2N2O5S/c1-3-19(28)31-22(25-20(29)13-8-9-16(23)17(24)10-13)15-6-4-5-7-18(15)26(21(22)30)11-14(27)12-32-2/h4-10,14,27H,3,11-12H2,1-2H3,(H,25,29). The molecule has 2 unspecified atom stereocenters. The van der Waals surface area contributed by atoms with Crippen LogP contribution in [0.1, 0.15) is 29.3 Å². The average molecular weight is 497 g/mol. The first-order valence-corrected chi connectivity index (χ1v) is 12.0. The third-order valence-corrected chi connectivity index (χ3v) is 6.36. The lowest BCUT2D eigenvalue weighted by Crippen LogP contribution is -2.56. The summed E-state index contributed by atoms with van der Waals surface area (Å²) in [7, 11) is 0. The number of halogens is 2. The van der Waals surface area contributed by atoms with Gasteiger partial charge in [-0.05, 0) is 30.5 Å². The van der Waals surface area contributed by atoms with Gasteiger partial charge in [-0.3, -0.25) is 14.4 Å². The molecule has 0 spiro atoms. The molecule has 1 heterocycles. The number of nitrogens with one attached hydrogen (secondary N) is 1. The fraction of sp³-hybridized carbons (Fsp3) is 0.318. The second-order valence-electron chi connectivity index (χ2n) is 7.13. The number of hydrogen-bond donors (Lipinski definition) is 2. The lowest BCUT2D eigenvalue weighted by atomic mass is 10.0. The minimum atomic E-state index is -2.08. The molecule has 1 aliphatic heterocycles. The molecule has 2 amide bonds. The Morgan fingerprint density at radius 2 is 1.94 bits per heavy atom. The molecule has 0 saturated carbocycles. The van der Waals surface area contributed by atoms with Crippen LogP contribution < -0.4 is 10.2 Å². The van der Waals surface area contributed by atoms with E-state index in [0.29, 0.717) is 17.0 Å². The van der Waals surface area contributed by atoms with Crippen molar-refractivity contribution in [2.75, 3.05) is 23.5 Å². The molecule has 7 nitrogen and oxygen atoms in total. The van der Waals surface area contributed by atoms with Gasteiger partial charge in [0, 0.05) is 17.7 Å². The monoisotopic (exact) mass is 496 g/mol. The zero-order valence-corrected chi connectivity index (χ0v) is 19.8. The number of aliphatic hydroxyl groups is 1. The van der Waals surface area contributed by atoms with E-state index in [1.54, 1.807) is 31.2 Å². The van der Waals surface area contributed by atoms with Crippen LogP contribution in [0.2, 0.25) is 10.0 Å². The number of anilines is 1. The Kier molecular flexibility index (Phi) is 7.71. The molecule has 0 aliphatic carbocycles. The largest absolute Gasteiger partial charge is 0.425 e. The summed E-state index contributed by atoms with van der Waals surface area (Å²) in [5.74, 6) is -1.62. The summed E-state index contributed by atoms with van der Waals surface area (Å²) in [5, 5.41) is 13.4. The third-order valence-electron chi connectivity index (χ3n) is 4.90. The molecule has 1 aliphatic rings. The second kappa shape index (κ2) is 10.1. The van der Waals surface area contributed by atoms with Gasteiger partial charge in [0.15, 0.2) is 0 Å². The number of carbonyl (C=O) groups excluding carboxylic acids is 3. The molecule has 3 rings (SSSR count). The van der Waals surface area contributed by atoms with Crippen molar-refractivity contribution < 1.29 is 24.2 Å². The van der Waals surface area contributed by atoms with Gasteiger partial charge in [0.25, 0.3) is 17.5 Å². The van der Waals surface area contributed by atoms with Crippen LogP contribution in [0.4, 0.5) is 5.69 Å². The van der Waals surface area contributed by atoms with E-state index in [-0.39, 0.29) is 28.6 Å². The lowest BCUT2D eigenvalue weighted by Gasteiger charge is -2.30. The van der Waals surface area contributed by atoms with Crippen LogP contribution in [0, 0.1) is 0 Å². The van der Waals surface area contributed by atoms with Crippen molar-refractivity contribution in [1.29, 1.82) is 0 Å². The maximum absolute atomic E-state index is 13.6. The van der Waals surface area contributed by atoms with Gasteiger partial charge in [0.2, 0.25) is 0 Å². The highest BCUT2D eigenvalue weighted by molar-refractivity contribution is 7.98. The Balaban J connectivity index is 2.06. The summed E-state index contributed by atoms with van der Waals surface area (Å²) in [6.45, 7) is 1.56. The fourth-order valence-corrected chi connectivity index (χ4v) is 4.20. The number of fused-ring (bicyclic) bond motifs is 1. The van der Waals surface area contributed by atoms with E-state index in [9.17, 15) is 19.5 Å². The Morgan fingerprint density at radius 1 is 1.22 bits per heavy atom. The normalized spacial score (nSPS) is 18.3. The predicted molar refractivity (Wildman–Crippen MR) is 125 cm³/mol. The predicted octanol–water partition coefficient (Wildman–Crippen LogP) is 3.60. The zero-order valence-electron chi connectivity index (χ0n) is 17.4. The summed E-state index contributed by atoms with van der Waals surface area (Å²) < 4.78 is 5.60. The van der Waals surface area contributed by atoms with E-state index in [2.05, 4.69) is 5.32 Å². The number of thioether (sulfide) groups is 1. The van der Waals surface area contributed by atoms with Gasteiger partial charge >= 0.3 is 5.97 Å². The van der Waals surface area contributed by atoms with E-state index >= 15 is 0 Å². The van der Waals surface area contributed by atoms with Crippen molar-refractivity contribution in [3.8, 4) is 0 Å². The van der Waals surface area contributed by atoms with E-state index in [1.807, 2.05) is 6.26 Å². The lowest BCUT2D eigenvalue weighted by molar-refractivity contribution is -0.170. The molecule has 2 aromatic rings. The molecule has 32 heavy (non-hydrogen) atoms. The molecular formula is C22H22Cl2N2O5S. The summed E-state index contributed by atoms with van der Waals surface area (Å²) in [6.07, 6.45) is 1.02. The average Bonchev–Trinajstić information content (AvgIpc) is 2.98. The molecule has 0 fully saturated rings. The highest BCUT2D eigenvalue weighted by atomic mass is 35.5. The molecular weight excluding hydrogens is 475 g/mol. The summed E-state index contributed by atoms with van der Waals surface area (Å²) in [5.41, 5.74) is -1.20. The number of rotatable bonds is 8. The smallest absolute Gasteiger partial charge is 0.308 e.